The maximum absolute atomic E-state index is 12.6. The Morgan fingerprint density at radius 2 is 1.85 bits per heavy atom. The van der Waals surface area contributed by atoms with E-state index in [0.29, 0.717) is 0 Å². The monoisotopic (exact) mass is 282 g/mol. The van der Waals surface area contributed by atoms with Crippen LogP contribution in [0.25, 0.3) is 11.4 Å². The summed E-state index contributed by atoms with van der Waals surface area (Å²) in [7, 11) is 0. The lowest BCUT2D eigenvalue weighted by Gasteiger charge is -2.08. The highest BCUT2D eigenvalue weighted by Gasteiger charge is 2.30. The third kappa shape index (κ3) is 2.91. The van der Waals surface area contributed by atoms with E-state index in [1.807, 2.05) is 5.43 Å². The Morgan fingerprint density at radius 1 is 1.20 bits per heavy atom. The Balaban J connectivity index is 2.35. The number of carbonyl (C=O) groups is 1. The molecule has 0 atom stereocenters. The Labute approximate surface area is 111 Å². The summed E-state index contributed by atoms with van der Waals surface area (Å²) >= 11 is 0. The standard InChI is InChI=1S/C12H9F3N4O/c13-12(14,15)9-3-1-2-7(4-9)10-17-5-8(6-18-10)11(20)19-16/h1-6H,16H2,(H,19,20). The molecule has 2 rings (SSSR count). The first-order valence-electron chi connectivity index (χ1n) is 5.42. The zero-order chi connectivity index (χ0) is 14.8. The SMILES string of the molecule is NNC(=O)c1cnc(-c2cccc(C(F)(F)F)c2)nc1. The van der Waals surface area contributed by atoms with Crippen LogP contribution >= 0.6 is 0 Å². The molecule has 5 nitrogen and oxygen atoms in total. The summed E-state index contributed by atoms with van der Waals surface area (Å²) in [6.45, 7) is 0. The molecule has 104 valence electrons. The topological polar surface area (TPSA) is 80.9 Å². The van der Waals surface area contributed by atoms with Gasteiger partial charge in [-0.05, 0) is 12.1 Å². The van der Waals surface area contributed by atoms with Gasteiger partial charge >= 0.3 is 6.18 Å². The molecule has 2 aromatic rings. The smallest absolute Gasteiger partial charge is 0.290 e. The molecule has 1 amide bonds. The molecule has 0 unspecified atom stereocenters. The number of nitrogen functional groups attached to an aromatic ring is 1. The van der Waals surface area contributed by atoms with Gasteiger partial charge in [0.15, 0.2) is 5.82 Å². The Kier molecular flexibility index (Phi) is 3.66. The number of nitrogens with zero attached hydrogens (tertiary/aromatic N) is 2. The predicted molar refractivity (Wildman–Crippen MR) is 64.1 cm³/mol. The second-order valence-electron chi connectivity index (χ2n) is 3.85. The lowest BCUT2D eigenvalue weighted by atomic mass is 10.1. The molecule has 0 aliphatic carbocycles. The zero-order valence-corrected chi connectivity index (χ0v) is 9.98. The van der Waals surface area contributed by atoms with Crippen LogP contribution in [0, 0.1) is 0 Å². The van der Waals surface area contributed by atoms with Crippen molar-refractivity contribution in [2.75, 3.05) is 0 Å². The van der Waals surface area contributed by atoms with Gasteiger partial charge in [0, 0.05) is 18.0 Å². The van der Waals surface area contributed by atoms with E-state index in [0.717, 1.165) is 12.1 Å². The lowest BCUT2D eigenvalue weighted by Crippen LogP contribution is -2.30. The van der Waals surface area contributed by atoms with Crippen LogP contribution in [0.1, 0.15) is 15.9 Å². The van der Waals surface area contributed by atoms with Crippen molar-refractivity contribution in [3.05, 3.63) is 47.8 Å². The van der Waals surface area contributed by atoms with Crippen molar-refractivity contribution < 1.29 is 18.0 Å². The minimum absolute atomic E-state index is 0.0877. The van der Waals surface area contributed by atoms with E-state index in [-0.39, 0.29) is 17.0 Å². The number of aromatic nitrogens is 2. The van der Waals surface area contributed by atoms with Crippen molar-refractivity contribution in [2.24, 2.45) is 5.84 Å². The number of alkyl halides is 3. The molecule has 0 aliphatic rings. The molecule has 1 heterocycles. The summed E-state index contributed by atoms with van der Waals surface area (Å²) in [6, 6.07) is 4.62. The van der Waals surface area contributed by atoms with Gasteiger partial charge in [-0.3, -0.25) is 10.2 Å². The number of hydrazine groups is 1. The second-order valence-corrected chi connectivity index (χ2v) is 3.85. The van der Waals surface area contributed by atoms with Crippen molar-refractivity contribution in [1.82, 2.24) is 15.4 Å². The molecule has 20 heavy (non-hydrogen) atoms. The molecule has 8 heteroatoms. The summed E-state index contributed by atoms with van der Waals surface area (Å²) in [6.07, 6.45) is -2.06. The van der Waals surface area contributed by atoms with Crippen LogP contribution in [0.3, 0.4) is 0 Å². The zero-order valence-electron chi connectivity index (χ0n) is 9.98. The third-order valence-electron chi connectivity index (χ3n) is 2.49. The number of carbonyl (C=O) groups excluding carboxylic acids is 1. The average molecular weight is 282 g/mol. The number of rotatable bonds is 2. The summed E-state index contributed by atoms with van der Waals surface area (Å²) in [5, 5.41) is 0. The normalized spacial score (nSPS) is 11.2. The number of nitrogens with two attached hydrogens (primary N) is 1. The number of amides is 1. The number of hydrogen-bond donors (Lipinski definition) is 2. The summed E-state index contributed by atoms with van der Waals surface area (Å²) in [5.74, 6) is 4.45. The van der Waals surface area contributed by atoms with Gasteiger partial charge in [0.05, 0.1) is 11.1 Å². The van der Waals surface area contributed by atoms with E-state index in [9.17, 15) is 18.0 Å². The van der Waals surface area contributed by atoms with Crippen molar-refractivity contribution in [3.63, 3.8) is 0 Å². The van der Waals surface area contributed by atoms with Crippen molar-refractivity contribution in [3.8, 4) is 11.4 Å². The van der Waals surface area contributed by atoms with E-state index < -0.39 is 17.6 Å². The molecule has 0 spiro atoms. The van der Waals surface area contributed by atoms with Gasteiger partial charge in [0.2, 0.25) is 0 Å². The van der Waals surface area contributed by atoms with Crippen molar-refractivity contribution >= 4 is 5.91 Å². The first-order valence-corrected chi connectivity index (χ1v) is 5.42. The van der Waals surface area contributed by atoms with E-state index in [2.05, 4.69) is 9.97 Å². The number of benzene rings is 1. The third-order valence-corrected chi connectivity index (χ3v) is 2.49. The summed E-state index contributed by atoms with van der Waals surface area (Å²) < 4.78 is 37.8. The fourth-order valence-electron chi connectivity index (χ4n) is 1.51. The largest absolute Gasteiger partial charge is 0.416 e. The van der Waals surface area contributed by atoms with Crippen LogP contribution in [0.15, 0.2) is 36.7 Å². The van der Waals surface area contributed by atoms with Gasteiger partial charge in [0.25, 0.3) is 5.91 Å². The fourth-order valence-corrected chi connectivity index (χ4v) is 1.51. The quantitative estimate of drug-likeness (QED) is 0.499. The van der Waals surface area contributed by atoms with E-state index >= 15 is 0 Å². The maximum atomic E-state index is 12.6. The van der Waals surface area contributed by atoms with Crippen molar-refractivity contribution in [1.29, 1.82) is 0 Å². The Morgan fingerprint density at radius 3 is 2.40 bits per heavy atom. The summed E-state index contributed by atoms with van der Waals surface area (Å²) in [4.78, 5) is 18.9. The molecule has 0 fully saturated rings. The fraction of sp³-hybridized carbons (Fsp3) is 0.0833. The maximum Gasteiger partial charge on any atom is 0.416 e. The van der Waals surface area contributed by atoms with E-state index in [1.54, 1.807) is 0 Å². The van der Waals surface area contributed by atoms with Crippen molar-refractivity contribution in [2.45, 2.75) is 6.18 Å². The van der Waals surface area contributed by atoms with Crippen LogP contribution in [0.4, 0.5) is 13.2 Å². The highest BCUT2D eigenvalue weighted by molar-refractivity contribution is 5.93. The van der Waals surface area contributed by atoms with Gasteiger partial charge in [-0.2, -0.15) is 13.2 Å². The van der Waals surface area contributed by atoms with E-state index in [1.165, 1.54) is 24.5 Å². The molecule has 0 bridgehead atoms. The molecule has 0 aliphatic heterocycles. The first kappa shape index (κ1) is 13.9. The van der Waals surface area contributed by atoms with Crippen LogP contribution in [0.2, 0.25) is 0 Å². The minimum atomic E-state index is -4.44. The molecule has 0 saturated heterocycles. The molecular formula is C12H9F3N4O. The van der Waals surface area contributed by atoms with Crippen LogP contribution in [0.5, 0.6) is 0 Å². The lowest BCUT2D eigenvalue weighted by molar-refractivity contribution is -0.137. The second kappa shape index (κ2) is 5.25. The molecule has 0 saturated carbocycles. The molecule has 0 radical (unpaired) electrons. The van der Waals surface area contributed by atoms with Crippen LogP contribution in [-0.2, 0) is 6.18 Å². The van der Waals surface area contributed by atoms with Gasteiger partial charge < -0.3 is 0 Å². The number of nitrogens with one attached hydrogen (secondary N) is 1. The molecule has 3 N–H and O–H groups in total. The van der Waals surface area contributed by atoms with Gasteiger partial charge in [0.1, 0.15) is 0 Å². The van der Waals surface area contributed by atoms with E-state index in [4.69, 9.17) is 5.84 Å². The average Bonchev–Trinajstić information content (AvgIpc) is 2.46. The van der Waals surface area contributed by atoms with Gasteiger partial charge in [-0.15, -0.1) is 0 Å². The first-order chi connectivity index (χ1) is 9.41. The van der Waals surface area contributed by atoms with Gasteiger partial charge in [-0.25, -0.2) is 15.8 Å². The minimum Gasteiger partial charge on any atom is -0.290 e. The summed E-state index contributed by atoms with van der Waals surface area (Å²) in [5.41, 5.74) is 1.43. The van der Waals surface area contributed by atoms with Crippen LogP contribution < -0.4 is 11.3 Å². The highest BCUT2D eigenvalue weighted by Crippen LogP contribution is 2.31. The Bertz CT molecular complexity index is 625. The molecule has 1 aromatic carbocycles. The number of halogens is 3. The van der Waals surface area contributed by atoms with Crippen LogP contribution in [-0.4, -0.2) is 15.9 Å². The predicted octanol–water partition coefficient (Wildman–Crippen LogP) is 1.77. The molecular weight excluding hydrogens is 273 g/mol. The number of hydrogen-bond acceptors (Lipinski definition) is 4. The molecule has 1 aromatic heterocycles. The Hall–Kier alpha value is -2.48. The van der Waals surface area contributed by atoms with Gasteiger partial charge in [-0.1, -0.05) is 12.1 Å². The highest BCUT2D eigenvalue weighted by atomic mass is 19.4.